The fourth-order valence-electron chi connectivity index (χ4n) is 3.10. The Morgan fingerprint density at radius 1 is 1.38 bits per heavy atom. The van der Waals surface area contributed by atoms with Crippen molar-refractivity contribution in [2.45, 2.75) is 66.0 Å². The lowest BCUT2D eigenvalue weighted by molar-refractivity contribution is 0.00397. The first-order valence-electron chi connectivity index (χ1n) is 8.58. The standard InChI is InChI=1S/C17H30N4O2.HI/c1-5-18-16(19-10-14-12(2)21-23-13(14)3)20-11-17(4)9-7-6-8-15(17)22;/h15,22H,5-11H2,1-4H3,(H2,18,19,20);1H. The number of aliphatic imine (C=N–C) groups is 1. The van der Waals surface area contributed by atoms with Crippen LogP contribution >= 0.6 is 24.0 Å². The van der Waals surface area contributed by atoms with E-state index in [1.165, 1.54) is 6.42 Å². The third-order valence-electron chi connectivity index (χ3n) is 4.86. The third-order valence-corrected chi connectivity index (χ3v) is 4.86. The van der Waals surface area contributed by atoms with Crippen LogP contribution in [0.25, 0.3) is 0 Å². The Labute approximate surface area is 161 Å². The summed E-state index contributed by atoms with van der Waals surface area (Å²) in [6.45, 7) is 10.1. The number of aromatic nitrogens is 1. The number of aliphatic hydroxyl groups is 1. The molecular formula is C17H31IN4O2. The van der Waals surface area contributed by atoms with Crippen molar-refractivity contribution in [1.82, 2.24) is 15.8 Å². The summed E-state index contributed by atoms with van der Waals surface area (Å²) in [4.78, 5) is 4.63. The fourth-order valence-corrected chi connectivity index (χ4v) is 3.10. The van der Waals surface area contributed by atoms with Gasteiger partial charge in [0.05, 0.1) is 18.3 Å². The Balaban J connectivity index is 0.00000288. The third kappa shape index (κ3) is 5.34. The minimum Gasteiger partial charge on any atom is -0.392 e. The predicted octanol–water partition coefficient (Wildman–Crippen LogP) is 2.91. The van der Waals surface area contributed by atoms with E-state index in [4.69, 9.17) is 4.52 Å². The van der Waals surface area contributed by atoms with Gasteiger partial charge in [0.1, 0.15) is 5.76 Å². The maximum absolute atomic E-state index is 10.3. The number of guanidine groups is 1. The van der Waals surface area contributed by atoms with E-state index in [1.54, 1.807) is 0 Å². The molecule has 0 radical (unpaired) electrons. The van der Waals surface area contributed by atoms with Crippen molar-refractivity contribution in [3.63, 3.8) is 0 Å². The number of hydrogen-bond acceptors (Lipinski definition) is 4. The van der Waals surface area contributed by atoms with Gasteiger partial charge in [-0.25, -0.2) is 4.99 Å². The highest BCUT2D eigenvalue weighted by Gasteiger charge is 2.35. The predicted molar refractivity (Wildman–Crippen MR) is 107 cm³/mol. The van der Waals surface area contributed by atoms with Crippen molar-refractivity contribution in [1.29, 1.82) is 0 Å². The maximum Gasteiger partial charge on any atom is 0.191 e. The molecule has 2 rings (SSSR count). The van der Waals surface area contributed by atoms with E-state index in [-0.39, 0.29) is 35.5 Å². The molecule has 0 spiro atoms. The van der Waals surface area contributed by atoms with E-state index in [1.807, 2.05) is 20.8 Å². The maximum atomic E-state index is 10.3. The van der Waals surface area contributed by atoms with Gasteiger partial charge in [0.2, 0.25) is 0 Å². The van der Waals surface area contributed by atoms with Gasteiger partial charge >= 0.3 is 0 Å². The molecule has 0 amide bonds. The molecule has 1 aliphatic rings. The van der Waals surface area contributed by atoms with Gasteiger partial charge in [0, 0.05) is 24.1 Å². The number of aryl methyl sites for hydroxylation is 2. The van der Waals surface area contributed by atoms with Gasteiger partial charge in [-0.05, 0) is 33.6 Å². The van der Waals surface area contributed by atoms with Gasteiger partial charge in [0.15, 0.2) is 5.96 Å². The molecular weight excluding hydrogens is 419 g/mol. The molecule has 1 heterocycles. The second-order valence-corrected chi connectivity index (χ2v) is 6.77. The quantitative estimate of drug-likeness (QED) is 0.365. The SMILES string of the molecule is CCNC(=NCc1c(C)noc1C)NCC1(C)CCCCC1O.I. The van der Waals surface area contributed by atoms with Crippen LogP contribution in [-0.4, -0.2) is 35.4 Å². The van der Waals surface area contributed by atoms with Crippen LogP contribution in [0.4, 0.5) is 0 Å². The zero-order valence-electron chi connectivity index (χ0n) is 15.2. The molecule has 1 aliphatic carbocycles. The number of nitrogens with one attached hydrogen (secondary N) is 2. The first-order chi connectivity index (χ1) is 11.0. The van der Waals surface area contributed by atoms with Crippen LogP contribution in [0.3, 0.4) is 0 Å². The summed E-state index contributed by atoms with van der Waals surface area (Å²) in [5, 5.41) is 20.9. The molecule has 7 heteroatoms. The van der Waals surface area contributed by atoms with E-state index >= 15 is 0 Å². The van der Waals surface area contributed by atoms with E-state index in [2.05, 4.69) is 27.7 Å². The molecule has 0 bridgehead atoms. The van der Waals surface area contributed by atoms with E-state index < -0.39 is 0 Å². The Kier molecular flexibility index (Phi) is 8.49. The molecule has 1 aromatic heterocycles. The van der Waals surface area contributed by atoms with Crippen molar-refractivity contribution < 1.29 is 9.63 Å². The zero-order valence-corrected chi connectivity index (χ0v) is 17.5. The van der Waals surface area contributed by atoms with Crippen LogP contribution < -0.4 is 10.6 Å². The Morgan fingerprint density at radius 3 is 2.71 bits per heavy atom. The number of aliphatic hydroxyl groups excluding tert-OH is 1. The summed E-state index contributed by atoms with van der Waals surface area (Å²) in [7, 11) is 0. The highest BCUT2D eigenvalue weighted by molar-refractivity contribution is 14.0. The zero-order chi connectivity index (χ0) is 16.9. The molecule has 6 nitrogen and oxygen atoms in total. The molecule has 24 heavy (non-hydrogen) atoms. The largest absolute Gasteiger partial charge is 0.392 e. The number of nitrogens with zero attached hydrogens (tertiary/aromatic N) is 2. The van der Waals surface area contributed by atoms with Gasteiger partial charge in [-0.15, -0.1) is 24.0 Å². The molecule has 2 unspecified atom stereocenters. The van der Waals surface area contributed by atoms with E-state index in [0.29, 0.717) is 6.54 Å². The topological polar surface area (TPSA) is 82.7 Å². The molecule has 1 fully saturated rings. The summed E-state index contributed by atoms with van der Waals surface area (Å²) < 4.78 is 5.18. The minimum atomic E-state index is -0.241. The Hall–Kier alpha value is -0.830. The van der Waals surface area contributed by atoms with Crippen LogP contribution in [0.15, 0.2) is 9.52 Å². The summed E-state index contributed by atoms with van der Waals surface area (Å²) in [6, 6.07) is 0. The van der Waals surface area contributed by atoms with Gasteiger partial charge in [-0.2, -0.15) is 0 Å². The molecule has 2 atom stereocenters. The lowest BCUT2D eigenvalue weighted by Gasteiger charge is -2.38. The van der Waals surface area contributed by atoms with Gasteiger partial charge in [0.25, 0.3) is 0 Å². The summed E-state index contributed by atoms with van der Waals surface area (Å²) >= 11 is 0. The average Bonchev–Trinajstić information content (AvgIpc) is 2.84. The smallest absolute Gasteiger partial charge is 0.191 e. The van der Waals surface area contributed by atoms with Crippen LogP contribution in [-0.2, 0) is 6.54 Å². The number of hydrogen-bond donors (Lipinski definition) is 3. The highest BCUT2D eigenvalue weighted by atomic mass is 127. The Morgan fingerprint density at radius 2 is 2.12 bits per heavy atom. The van der Waals surface area contributed by atoms with E-state index in [9.17, 15) is 5.11 Å². The first-order valence-corrected chi connectivity index (χ1v) is 8.58. The number of halogens is 1. The van der Waals surface area contributed by atoms with E-state index in [0.717, 1.165) is 55.3 Å². The first kappa shape index (κ1) is 21.2. The van der Waals surface area contributed by atoms with Crippen LogP contribution in [0.2, 0.25) is 0 Å². The molecule has 3 N–H and O–H groups in total. The van der Waals surface area contributed by atoms with Crippen molar-refractivity contribution in [2.24, 2.45) is 10.4 Å². The normalized spacial score (nSPS) is 24.4. The summed E-state index contributed by atoms with van der Waals surface area (Å²) in [6.07, 6.45) is 4.00. The molecule has 138 valence electrons. The molecule has 0 saturated heterocycles. The van der Waals surface area contributed by atoms with Crippen molar-refractivity contribution in [2.75, 3.05) is 13.1 Å². The van der Waals surface area contributed by atoms with Crippen LogP contribution in [0.1, 0.15) is 56.5 Å². The lowest BCUT2D eigenvalue weighted by Crippen LogP contribution is -2.48. The molecule has 0 aliphatic heterocycles. The monoisotopic (exact) mass is 450 g/mol. The van der Waals surface area contributed by atoms with Gasteiger partial charge in [-0.1, -0.05) is 24.9 Å². The van der Waals surface area contributed by atoms with Crippen LogP contribution in [0.5, 0.6) is 0 Å². The Bertz CT molecular complexity index is 527. The minimum absolute atomic E-state index is 0. The highest BCUT2D eigenvalue weighted by Crippen LogP contribution is 2.35. The van der Waals surface area contributed by atoms with Crippen molar-refractivity contribution in [3.8, 4) is 0 Å². The average molecular weight is 450 g/mol. The summed E-state index contributed by atoms with van der Waals surface area (Å²) in [5.41, 5.74) is 1.83. The number of rotatable bonds is 5. The van der Waals surface area contributed by atoms with Crippen LogP contribution in [0, 0.1) is 19.3 Å². The van der Waals surface area contributed by atoms with Crippen molar-refractivity contribution in [3.05, 3.63) is 17.0 Å². The van der Waals surface area contributed by atoms with Crippen molar-refractivity contribution >= 4 is 29.9 Å². The fraction of sp³-hybridized carbons (Fsp3) is 0.765. The van der Waals surface area contributed by atoms with Gasteiger partial charge < -0.3 is 20.3 Å². The summed E-state index contributed by atoms with van der Waals surface area (Å²) in [5.74, 6) is 1.59. The second-order valence-electron chi connectivity index (χ2n) is 6.77. The van der Waals surface area contributed by atoms with Gasteiger partial charge in [-0.3, -0.25) is 0 Å². The molecule has 1 aromatic rings. The lowest BCUT2D eigenvalue weighted by atomic mass is 9.73. The second kappa shape index (κ2) is 9.60. The molecule has 1 saturated carbocycles. The molecule has 0 aromatic carbocycles.